The molecule has 0 saturated carbocycles. The van der Waals surface area contributed by atoms with Crippen molar-refractivity contribution in [1.82, 2.24) is 15.8 Å². The van der Waals surface area contributed by atoms with Crippen LogP contribution in [0.5, 0.6) is 0 Å². The number of hydrogen-bond donors (Lipinski definition) is 2. The molecule has 0 bridgehead atoms. The van der Waals surface area contributed by atoms with Gasteiger partial charge in [0.1, 0.15) is 0 Å². The molecule has 2 N–H and O–H groups in total. The molecule has 3 aromatic carbocycles. The summed E-state index contributed by atoms with van der Waals surface area (Å²) < 4.78 is 0. The number of fused-ring (bicyclic) bond motifs is 1. The van der Waals surface area contributed by atoms with Crippen LogP contribution in [-0.4, -0.2) is 10.9 Å². The highest BCUT2D eigenvalue weighted by Gasteiger charge is 2.14. The van der Waals surface area contributed by atoms with Gasteiger partial charge in [-0.2, -0.15) is 0 Å². The van der Waals surface area contributed by atoms with Crippen molar-refractivity contribution in [3.63, 3.8) is 0 Å². The first kappa shape index (κ1) is 17.5. The van der Waals surface area contributed by atoms with Crippen LogP contribution < -0.4 is 10.9 Å². The molecular weight excluding hydrogens is 346 g/mol. The summed E-state index contributed by atoms with van der Waals surface area (Å²) in [6.07, 6.45) is 0. The van der Waals surface area contributed by atoms with Crippen LogP contribution in [0, 0.1) is 0 Å². The van der Waals surface area contributed by atoms with Crippen molar-refractivity contribution in [1.29, 1.82) is 0 Å². The smallest absolute Gasteiger partial charge is 0.270 e. The van der Waals surface area contributed by atoms with Crippen molar-refractivity contribution in [2.75, 3.05) is 0 Å². The van der Waals surface area contributed by atoms with Crippen molar-refractivity contribution in [2.24, 2.45) is 0 Å². The number of pyridine rings is 1. The predicted octanol–water partition coefficient (Wildman–Crippen LogP) is 4.81. The molecule has 0 atom stereocenters. The van der Waals surface area contributed by atoms with Gasteiger partial charge in [-0.05, 0) is 17.7 Å². The molecule has 0 aliphatic carbocycles. The second-order valence-corrected chi connectivity index (χ2v) is 6.36. The number of benzene rings is 3. The van der Waals surface area contributed by atoms with Gasteiger partial charge >= 0.3 is 0 Å². The van der Waals surface area contributed by atoms with E-state index < -0.39 is 0 Å². The maximum absolute atomic E-state index is 12.9. The number of rotatable bonds is 5. The first-order valence-corrected chi connectivity index (χ1v) is 8.98. The lowest BCUT2D eigenvalue weighted by molar-refractivity contribution is 0.0944. The van der Waals surface area contributed by atoms with Gasteiger partial charge in [0.25, 0.3) is 5.91 Å². The van der Waals surface area contributed by atoms with Gasteiger partial charge in [-0.3, -0.25) is 15.6 Å². The zero-order valence-electron chi connectivity index (χ0n) is 15.2. The number of hydrazine groups is 1. The normalized spacial score (nSPS) is 10.4. The maximum atomic E-state index is 12.9. The van der Waals surface area contributed by atoms with Gasteiger partial charge in [-0.15, -0.1) is 0 Å². The van der Waals surface area contributed by atoms with Crippen LogP contribution in [-0.2, 0) is 0 Å². The van der Waals surface area contributed by atoms with Crippen LogP contribution in [0.1, 0.15) is 15.9 Å². The summed E-state index contributed by atoms with van der Waals surface area (Å²) >= 11 is 0. The summed E-state index contributed by atoms with van der Waals surface area (Å²) in [6.45, 7) is 3.98. The quantitative estimate of drug-likeness (QED) is 0.499. The fourth-order valence-corrected chi connectivity index (χ4v) is 3.03. The van der Waals surface area contributed by atoms with Crippen LogP contribution in [0.4, 0.5) is 0 Å². The molecule has 0 radical (unpaired) electrons. The number of para-hydroxylation sites is 1. The minimum absolute atomic E-state index is 0.243. The summed E-state index contributed by atoms with van der Waals surface area (Å²) in [7, 11) is 0. The van der Waals surface area contributed by atoms with Gasteiger partial charge in [0.05, 0.1) is 22.5 Å². The summed E-state index contributed by atoms with van der Waals surface area (Å²) in [6, 6.07) is 28.9. The Morgan fingerprint density at radius 3 is 2.18 bits per heavy atom. The SMILES string of the molecule is C=C(NNC(=O)c1cc(-c2ccccc2)nc2ccccc12)c1ccccc1. The first-order chi connectivity index (χ1) is 13.7. The van der Waals surface area contributed by atoms with Crippen LogP contribution in [0.15, 0.2) is 97.6 Å². The summed E-state index contributed by atoms with van der Waals surface area (Å²) in [5.74, 6) is -0.243. The number of aromatic nitrogens is 1. The van der Waals surface area contributed by atoms with Crippen molar-refractivity contribution in [3.8, 4) is 11.3 Å². The molecule has 0 unspecified atom stereocenters. The first-order valence-electron chi connectivity index (χ1n) is 8.98. The molecule has 1 heterocycles. The van der Waals surface area contributed by atoms with Crippen LogP contribution in [0.25, 0.3) is 27.9 Å². The highest BCUT2D eigenvalue weighted by Crippen LogP contribution is 2.24. The van der Waals surface area contributed by atoms with Gasteiger partial charge < -0.3 is 0 Å². The predicted molar refractivity (Wildman–Crippen MR) is 113 cm³/mol. The molecule has 0 fully saturated rings. The Kier molecular flexibility index (Phi) is 4.85. The third-order valence-corrected chi connectivity index (χ3v) is 4.48. The Morgan fingerprint density at radius 2 is 1.43 bits per heavy atom. The number of nitrogens with one attached hydrogen (secondary N) is 2. The van der Waals surface area contributed by atoms with Crippen molar-refractivity contribution in [2.45, 2.75) is 0 Å². The molecule has 4 heteroatoms. The zero-order valence-corrected chi connectivity index (χ0v) is 15.2. The highest BCUT2D eigenvalue weighted by atomic mass is 16.2. The minimum Gasteiger partial charge on any atom is -0.298 e. The lowest BCUT2D eigenvalue weighted by atomic mass is 10.0. The number of carbonyl (C=O) groups is 1. The number of carbonyl (C=O) groups excluding carboxylic acids is 1. The molecule has 4 aromatic rings. The van der Waals surface area contributed by atoms with Crippen LogP contribution >= 0.6 is 0 Å². The monoisotopic (exact) mass is 365 g/mol. The summed E-state index contributed by atoms with van der Waals surface area (Å²) in [5.41, 5.74) is 10.2. The van der Waals surface area contributed by atoms with Crippen molar-refractivity contribution in [3.05, 3.63) is 109 Å². The third-order valence-electron chi connectivity index (χ3n) is 4.48. The van der Waals surface area contributed by atoms with E-state index in [-0.39, 0.29) is 5.91 Å². The summed E-state index contributed by atoms with van der Waals surface area (Å²) in [4.78, 5) is 17.6. The van der Waals surface area contributed by atoms with E-state index >= 15 is 0 Å². The molecule has 0 aliphatic heterocycles. The van der Waals surface area contributed by atoms with E-state index in [2.05, 4.69) is 17.4 Å². The molecular formula is C24H19N3O. The Balaban J connectivity index is 1.65. The molecule has 4 rings (SSSR count). The molecule has 136 valence electrons. The topological polar surface area (TPSA) is 54.0 Å². The Hall–Kier alpha value is -3.92. The zero-order chi connectivity index (χ0) is 19.3. The lowest BCUT2D eigenvalue weighted by Crippen LogP contribution is -2.36. The van der Waals surface area contributed by atoms with E-state index in [4.69, 9.17) is 4.98 Å². The fraction of sp³-hybridized carbons (Fsp3) is 0. The molecule has 0 spiro atoms. The van der Waals surface area contributed by atoms with Gasteiger partial charge in [-0.25, -0.2) is 4.98 Å². The van der Waals surface area contributed by atoms with Crippen LogP contribution in [0.2, 0.25) is 0 Å². The largest absolute Gasteiger partial charge is 0.298 e. The second-order valence-electron chi connectivity index (χ2n) is 6.36. The van der Waals surface area contributed by atoms with E-state index in [1.54, 1.807) is 0 Å². The highest BCUT2D eigenvalue weighted by molar-refractivity contribution is 6.07. The number of hydrogen-bond acceptors (Lipinski definition) is 3. The molecule has 28 heavy (non-hydrogen) atoms. The van der Waals surface area contributed by atoms with Gasteiger partial charge in [-0.1, -0.05) is 85.4 Å². The van der Waals surface area contributed by atoms with E-state index in [9.17, 15) is 4.79 Å². The Morgan fingerprint density at radius 1 is 0.786 bits per heavy atom. The third kappa shape index (κ3) is 3.62. The maximum Gasteiger partial charge on any atom is 0.270 e. The van der Waals surface area contributed by atoms with Crippen molar-refractivity contribution >= 4 is 22.5 Å². The Labute approximate surface area is 163 Å². The van der Waals surface area contributed by atoms with Gasteiger partial charge in [0, 0.05) is 10.9 Å². The number of amides is 1. The van der Waals surface area contributed by atoms with Gasteiger partial charge in [0.2, 0.25) is 0 Å². The molecule has 0 aliphatic rings. The van der Waals surface area contributed by atoms with E-state index in [1.807, 2.05) is 91.0 Å². The molecule has 0 saturated heterocycles. The molecule has 1 aromatic heterocycles. The summed E-state index contributed by atoms with van der Waals surface area (Å²) in [5, 5.41) is 0.798. The van der Waals surface area contributed by atoms with Crippen molar-refractivity contribution < 1.29 is 4.79 Å². The second kappa shape index (κ2) is 7.76. The van der Waals surface area contributed by atoms with E-state index in [1.165, 1.54) is 0 Å². The average molecular weight is 365 g/mol. The molecule has 1 amide bonds. The van der Waals surface area contributed by atoms with Crippen LogP contribution in [0.3, 0.4) is 0 Å². The molecule has 4 nitrogen and oxygen atoms in total. The Bertz CT molecular complexity index is 1140. The fourth-order valence-electron chi connectivity index (χ4n) is 3.03. The minimum atomic E-state index is -0.243. The standard InChI is InChI=1S/C24H19N3O/c1-17(18-10-4-2-5-11-18)26-27-24(28)21-16-23(19-12-6-3-7-13-19)25-22-15-9-8-14-20(21)22/h2-16,26H,1H2,(H,27,28). The lowest BCUT2D eigenvalue weighted by Gasteiger charge is -2.13. The number of nitrogens with zero attached hydrogens (tertiary/aromatic N) is 1. The van der Waals surface area contributed by atoms with E-state index in [0.717, 1.165) is 27.7 Å². The average Bonchev–Trinajstić information content (AvgIpc) is 2.77. The van der Waals surface area contributed by atoms with E-state index in [0.29, 0.717) is 11.3 Å². The van der Waals surface area contributed by atoms with Gasteiger partial charge in [0.15, 0.2) is 0 Å².